The molecule has 0 bridgehead atoms. The van der Waals surface area contributed by atoms with Crippen LogP contribution in [0.15, 0.2) is 12.5 Å². The van der Waals surface area contributed by atoms with E-state index in [1.165, 1.54) is 6.33 Å². The normalized spacial score (nSPS) is 17.3. The summed E-state index contributed by atoms with van der Waals surface area (Å²) in [4.78, 5) is 31.6. The van der Waals surface area contributed by atoms with Crippen LogP contribution in [0.3, 0.4) is 0 Å². The summed E-state index contributed by atoms with van der Waals surface area (Å²) in [5.41, 5.74) is 0.676. The Bertz CT molecular complexity index is 470. The first-order valence-corrected chi connectivity index (χ1v) is 6.72. The van der Waals surface area contributed by atoms with E-state index in [2.05, 4.69) is 15.3 Å². The molecule has 110 valence electrons. The van der Waals surface area contributed by atoms with Gasteiger partial charge in [0.2, 0.25) is 0 Å². The van der Waals surface area contributed by atoms with Crippen LogP contribution in [0.5, 0.6) is 0 Å². The van der Waals surface area contributed by atoms with Crippen molar-refractivity contribution in [3.63, 3.8) is 0 Å². The average Bonchev–Trinajstić information content (AvgIpc) is 3.14. The fourth-order valence-electron chi connectivity index (χ4n) is 2.15. The zero-order valence-electron chi connectivity index (χ0n) is 11.7. The largest absolute Gasteiger partial charge is 0.480 e. The zero-order valence-corrected chi connectivity index (χ0v) is 11.7. The second kappa shape index (κ2) is 5.94. The van der Waals surface area contributed by atoms with Gasteiger partial charge in [-0.15, -0.1) is 0 Å². The van der Waals surface area contributed by atoms with Crippen molar-refractivity contribution >= 4 is 12.0 Å². The van der Waals surface area contributed by atoms with E-state index < -0.39 is 12.0 Å². The Morgan fingerprint density at radius 1 is 1.60 bits per heavy atom. The summed E-state index contributed by atoms with van der Waals surface area (Å²) in [5, 5.41) is 11.8. The third-order valence-electron chi connectivity index (χ3n) is 3.81. The quantitative estimate of drug-likeness (QED) is 0.719. The van der Waals surface area contributed by atoms with Crippen LogP contribution in [0.25, 0.3) is 0 Å². The molecule has 1 aromatic rings. The summed E-state index contributed by atoms with van der Waals surface area (Å²) < 4.78 is 0. The van der Waals surface area contributed by atoms with Crippen LogP contribution in [-0.4, -0.2) is 51.1 Å². The number of H-pyrrole nitrogens is 1. The number of aromatic amines is 1. The molecule has 20 heavy (non-hydrogen) atoms. The molecule has 7 nitrogen and oxygen atoms in total. The molecule has 2 atom stereocenters. The van der Waals surface area contributed by atoms with Crippen LogP contribution < -0.4 is 5.32 Å². The molecule has 2 amide bonds. The fourth-order valence-corrected chi connectivity index (χ4v) is 2.15. The van der Waals surface area contributed by atoms with Crippen LogP contribution in [0.1, 0.15) is 25.5 Å². The van der Waals surface area contributed by atoms with Crippen molar-refractivity contribution in [2.45, 2.75) is 38.3 Å². The van der Waals surface area contributed by atoms with Crippen LogP contribution in [0.2, 0.25) is 0 Å². The van der Waals surface area contributed by atoms with Gasteiger partial charge in [-0.3, -0.25) is 0 Å². The maximum atomic E-state index is 12.1. The van der Waals surface area contributed by atoms with Crippen molar-refractivity contribution in [2.75, 3.05) is 7.05 Å². The smallest absolute Gasteiger partial charge is 0.326 e. The molecule has 0 radical (unpaired) electrons. The van der Waals surface area contributed by atoms with E-state index in [1.807, 2.05) is 6.92 Å². The Labute approximate surface area is 117 Å². The molecule has 0 saturated heterocycles. The standard InChI is InChI=1S/C13H20N4O3/c1-8(9-3-4-9)17(2)13(20)16-11(12(18)19)5-10-6-14-7-15-10/h6-9,11H,3-5H2,1-2H3,(H,14,15)(H,16,20)(H,18,19)/t8?,11-/m0/s1. The number of nitrogens with one attached hydrogen (secondary N) is 2. The Morgan fingerprint density at radius 3 is 2.80 bits per heavy atom. The second-order valence-corrected chi connectivity index (χ2v) is 5.31. The van der Waals surface area contributed by atoms with E-state index in [-0.39, 0.29) is 18.5 Å². The zero-order chi connectivity index (χ0) is 14.7. The summed E-state index contributed by atoms with van der Waals surface area (Å²) >= 11 is 0. The number of carbonyl (C=O) groups is 2. The SMILES string of the molecule is CC(C1CC1)N(C)C(=O)N[C@@H](Cc1cnc[nH]1)C(=O)O. The van der Waals surface area contributed by atoms with Gasteiger partial charge in [-0.05, 0) is 25.7 Å². The van der Waals surface area contributed by atoms with Crippen LogP contribution in [-0.2, 0) is 11.2 Å². The lowest BCUT2D eigenvalue weighted by Gasteiger charge is -2.26. The molecule has 3 N–H and O–H groups in total. The monoisotopic (exact) mass is 280 g/mol. The van der Waals surface area contributed by atoms with E-state index in [0.717, 1.165) is 12.8 Å². The Morgan fingerprint density at radius 2 is 2.30 bits per heavy atom. The summed E-state index contributed by atoms with van der Waals surface area (Å²) in [5.74, 6) is -0.512. The van der Waals surface area contributed by atoms with Gasteiger partial charge in [0.25, 0.3) is 0 Å². The van der Waals surface area contributed by atoms with E-state index in [4.69, 9.17) is 0 Å². The van der Waals surface area contributed by atoms with Crippen molar-refractivity contribution in [3.8, 4) is 0 Å². The lowest BCUT2D eigenvalue weighted by molar-refractivity contribution is -0.139. The molecule has 1 unspecified atom stereocenters. The number of hydrogen-bond acceptors (Lipinski definition) is 3. The van der Waals surface area contributed by atoms with Crippen LogP contribution >= 0.6 is 0 Å². The fraction of sp³-hybridized carbons (Fsp3) is 0.615. The number of carboxylic acid groups (broad SMARTS) is 1. The lowest BCUT2D eigenvalue weighted by Crippen LogP contribution is -2.50. The van der Waals surface area contributed by atoms with Gasteiger partial charge < -0.3 is 20.3 Å². The predicted molar refractivity (Wildman–Crippen MR) is 72.2 cm³/mol. The van der Waals surface area contributed by atoms with E-state index in [1.54, 1.807) is 18.1 Å². The molecule has 1 aliphatic carbocycles. The Kier molecular flexibility index (Phi) is 4.26. The summed E-state index contributed by atoms with van der Waals surface area (Å²) in [6.45, 7) is 1.99. The minimum atomic E-state index is -1.06. The highest BCUT2D eigenvalue weighted by atomic mass is 16.4. The molecule has 1 aromatic heterocycles. The number of aliphatic carboxylic acids is 1. The van der Waals surface area contributed by atoms with Gasteiger partial charge in [0.05, 0.1) is 6.33 Å². The summed E-state index contributed by atoms with van der Waals surface area (Å²) in [7, 11) is 1.70. The first-order valence-electron chi connectivity index (χ1n) is 6.72. The number of aromatic nitrogens is 2. The first-order chi connectivity index (χ1) is 9.49. The van der Waals surface area contributed by atoms with Gasteiger partial charge in [0, 0.05) is 31.4 Å². The predicted octanol–water partition coefficient (Wildman–Crippen LogP) is 0.845. The van der Waals surface area contributed by atoms with Crippen molar-refractivity contribution in [3.05, 3.63) is 18.2 Å². The number of amides is 2. The number of imidazole rings is 1. The van der Waals surface area contributed by atoms with E-state index in [0.29, 0.717) is 11.6 Å². The molecule has 1 aliphatic rings. The number of carbonyl (C=O) groups excluding carboxylic acids is 1. The average molecular weight is 280 g/mol. The molecule has 0 aromatic carbocycles. The van der Waals surface area contributed by atoms with Crippen LogP contribution in [0.4, 0.5) is 4.79 Å². The van der Waals surface area contributed by atoms with E-state index in [9.17, 15) is 14.7 Å². The molecular formula is C13H20N4O3. The summed E-state index contributed by atoms with van der Waals surface area (Å²) in [6.07, 6.45) is 5.49. The minimum Gasteiger partial charge on any atom is -0.480 e. The van der Waals surface area contributed by atoms with Gasteiger partial charge >= 0.3 is 12.0 Å². The molecule has 7 heteroatoms. The maximum Gasteiger partial charge on any atom is 0.326 e. The summed E-state index contributed by atoms with van der Waals surface area (Å²) in [6, 6.07) is -1.18. The number of urea groups is 1. The molecule has 0 spiro atoms. The third-order valence-corrected chi connectivity index (χ3v) is 3.81. The number of carboxylic acids is 1. The maximum absolute atomic E-state index is 12.1. The Hall–Kier alpha value is -2.05. The van der Waals surface area contributed by atoms with Gasteiger partial charge in [-0.25, -0.2) is 14.6 Å². The molecular weight excluding hydrogens is 260 g/mol. The molecule has 1 saturated carbocycles. The highest BCUT2D eigenvalue weighted by Crippen LogP contribution is 2.34. The molecule has 2 rings (SSSR count). The number of nitrogens with zero attached hydrogens (tertiary/aromatic N) is 2. The second-order valence-electron chi connectivity index (χ2n) is 5.31. The molecule has 1 fully saturated rings. The number of rotatable bonds is 6. The Balaban J connectivity index is 1.93. The highest BCUT2D eigenvalue weighted by Gasteiger charge is 2.33. The topological polar surface area (TPSA) is 98.3 Å². The first kappa shape index (κ1) is 14.4. The van der Waals surface area contributed by atoms with E-state index >= 15 is 0 Å². The van der Waals surface area contributed by atoms with Gasteiger partial charge in [-0.2, -0.15) is 0 Å². The lowest BCUT2D eigenvalue weighted by atomic mass is 10.1. The molecule has 1 heterocycles. The molecule has 0 aliphatic heterocycles. The van der Waals surface area contributed by atoms with Crippen molar-refractivity contribution in [1.82, 2.24) is 20.2 Å². The van der Waals surface area contributed by atoms with Crippen LogP contribution in [0, 0.1) is 5.92 Å². The van der Waals surface area contributed by atoms with Gasteiger partial charge in [-0.1, -0.05) is 0 Å². The third kappa shape index (κ3) is 3.49. The van der Waals surface area contributed by atoms with Gasteiger partial charge in [0.15, 0.2) is 0 Å². The van der Waals surface area contributed by atoms with Crippen molar-refractivity contribution in [1.29, 1.82) is 0 Å². The van der Waals surface area contributed by atoms with Crippen molar-refractivity contribution in [2.24, 2.45) is 5.92 Å². The number of hydrogen-bond donors (Lipinski definition) is 3. The van der Waals surface area contributed by atoms with Crippen molar-refractivity contribution < 1.29 is 14.7 Å². The minimum absolute atomic E-state index is 0.136. The highest BCUT2D eigenvalue weighted by molar-refractivity contribution is 5.82. The van der Waals surface area contributed by atoms with Gasteiger partial charge in [0.1, 0.15) is 6.04 Å².